The number of nitrogens with zero attached hydrogens (tertiary/aromatic N) is 6. The SMILES string of the molecule is Cc1ncccc1-c1ccc2c(=O)n(C)c3cc(-c4cnn(C)c4)nn3c2c1. The Morgan fingerprint density at radius 3 is 2.64 bits per heavy atom. The number of benzene rings is 1. The van der Waals surface area contributed by atoms with Crippen molar-refractivity contribution in [1.29, 1.82) is 0 Å². The van der Waals surface area contributed by atoms with Gasteiger partial charge in [-0.05, 0) is 30.7 Å². The minimum Gasteiger partial charge on any atom is -0.296 e. The minimum atomic E-state index is -0.0467. The summed E-state index contributed by atoms with van der Waals surface area (Å²) in [5, 5.41) is 9.62. The number of hydrogen-bond acceptors (Lipinski definition) is 4. The molecule has 28 heavy (non-hydrogen) atoms. The van der Waals surface area contributed by atoms with E-state index in [2.05, 4.69) is 10.1 Å². The number of pyridine rings is 1. The summed E-state index contributed by atoms with van der Waals surface area (Å²) in [6.07, 6.45) is 5.46. The van der Waals surface area contributed by atoms with E-state index in [-0.39, 0.29) is 5.56 Å². The first-order valence-electron chi connectivity index (χ1n) is 8.96. The Balaban J connectivity index is 1.84. The predicted octanol–water partition coefficient (Wildman–Crippen LogP) is 2.96. The van der Waals surface area contributed by atoms with Crippen LogP contribution in [0.4, 0.5) is 0 Å². The van der Waals surface area contributed by atoms with Gasteiger partial charge in [-0.1, -0.05) is 12.1 Å². The maximum atomic E-state index is 12.9. The summed E-state index contributed by atoms with van der Waals surface area (Å²) in [5.41, 5.74) is 6.13. The van der Waals surface area contributed by atoms with Gasteiger partial charge in [-0.15, -0.1) is 0 Å². The van der Waals surface area contributed by atoms with E-state index in [1.807, 2.05) is 61.1 Å². The topological polar surface area (TPSA) is 70.0 Å². The van der Waals surface area contributed by atoms with Crippen LogP contribution in [0.25, 0.3) is 38.9 Å². The first kappa shape index (κ1) is 16.4. The molecule has 0 radical (unpaired) electrons. The van der Waals surface area contributed by atoms with Crippen molar-refractivity contribution in [3.63, 3.8) is 0 Å². The van der Waals surface area contributed by atoms with E-state index in [1.165, 1.54) is 0 Å². The van der Waals surface area contributed by atoms with Crippen LogP contribution in [0.2, 0.25) is 0 Å². The average Bonchev–Trinajstić information content (AvgIpc) is 3.33. The molecule has 7 heteroatoms. The van der Waals surface area contributed by atoms with Crippen LogP contribution < -0.4 is 5.56 Å². The van der Waals surface area contributed by atoms with Crippen LogP contribution in [0.1, 0.15) is 5.69 Å². The molecule has 0 unspecified atom stereocenters. The summed E-state index contributed by atoms with van der Waals surface area (Å²) in [4.78, 5) is 17.3. The Morgan fingerprint density at radius 2 is 1.89 bits per heavy atom. The van der Waals surface area contributed by atoms with Crippen molar-refractivity contribution >= 4 is 16.6 Å². The Labute approximate surface area is 160 Å². The first-order valence-corrected chi connectivity index (χ1v) is 8.96. The molecule has 5 rings (SSSR count). The van der Waals surface area contributed by atoms with Gasteiger partial charge in [0.15, 0.2) is 0 Å². The van der Waals surface area contributed by atoms with Crippen LogP contribution in [0.15, 0.2) is 59.8 Å². The van der Waals surface area contributed by atoms with Gasteiger partial charge >= 0.3 is 0 Å². The highest BCUT2D eigenvalue weighted by Crippen LogP contribution is 2.27. The van der Waals surface area contributed by atoms with Crippen molar-refractivity contribution in [1.82, 2.24) is 28.9 Å². The molecule has 0 saturated heterocycles. The van der Waals surface area contributed by atoms with Gasteiger partial charge in [-0.2, -0.15) is 10.2 Å². The zero-order valence-electron chi connectivity index (χ0n) is 15.8. The molecule has 0 N–H and O–H groups in total. The third-order valence-electron chi connectivity index (χ3n) is 5.11. The number of rotatable bonds is 2. The lowest BCUT2D eigenvalue weighted by molar-refractivity contribution is 0.768. The molecular weight excluding hydrogens is 352 g/mol. The van der Waals surface area contributed by atoms with Crippen molar-refractivity contribution in [2.45, 2.75) is 6.92 Å². The first-order chi connectivity index (χ1) is 13.5. The number of fused-ring (bicyclic) bond motifs is 3. The maximum Gasteiger partial charge on any atom is 0.261 e. The quantitative estimate of drug-likeness (QED) is 0.479. The summed E-state index contributed by atoms with van der Waals surface area (Å²) >= 11 is 0. The molecule has 0 fully saturated rings. The van der Waals surface area contributed by atoms with Crippen LogP contribution in [-0.2, 0) is 14.1 Å². The van der Waals surface area contributed by atoms with Gasteiger partial charge in [-0.25, -0.2) is 4.52 Å². The second-order valence-corrected chi connectivity index (χ2v) is 6.93. The maximum absolute atomic E-state index is 12.9. The normalized spacial score (nSPS) is 11.5. The zero-order chi connectivity index (χ0) is 19.4. The van der Waals surface area contributed by atoms with E-state index >= 15 is 0 Å². The second kappa shape index (κ2) is 5.88. The molecule has 5 aromatic rings. The van der Waals surface area contributed by atoms with E-state index in [1.54, 1.807) is 28.7 Å². The van der Waals surface area contributed by atoms with Gasteiger partial charge < -0.3 is 0 Å². The Morgan fingerprint density at radius 1 is 1.04 bits per heavy atom. The predicted molar refractivity (Wildman–Crippen MR) is 108 cm³/mol. The van der Waals surface area contributed by atoms with Crippen LogP contribution in [0.3, 0.4) is 0 Å². The van der Waals surface area contributed by atoms with Crippen molar-refractivity contribution in [2.75, 3.05) is 0 Å². The standard InChI is InChI=1S/C21H18N6O/c1-13-16(5-4-8-22-13)14-6-7-17-19(9-14)27-20(26(3)21(17)28)10-18(24-27)15-11-23-25(2)12-15/h4-12H,1-3H3. The highest BCUT2D eigenvalue weighted by Gasteiger charge is 2.15. The fourth-order valence-electron chi connectivity index (χ4n) is 3.61. The highest BCUT2D eigenvalue weighted by atomic mass is 16.1. The monoisotopic (exact) mass is 370 g/mol. The lowest BCUT2D eigenvalue weighted by atomic mass is 10.0. The smallest absolute Gasteiger partial charge is 0.261 e. The fraction of sp³-hybridized carbons (Fsp3) is 0.143. The van der Waals surface area contributed by atoms with Crippen LogP contribution >= 0.6 is 0 Å². The molecule has 4 heterocycles. The van der Waals surface area contributed by atoms with E-state index < -0.39 is 0 Å². The molecule has 1 aromatic carbocycles. The molecule has 0 aliphatic rings. The van der Waals surface area contributed by atoms with Crippen molar-refractivity contribution in [3.05, 3.63) is 71.0 Å². The van der Waals surface area contributed by atoms with Crippen LogP contribution in [-0.4, -0.2) is 28.9 Å². The van der Waals surface area contributed by atoms with E-state index in [0.29, 0.717) is 5.39 Å². The molecule has 4 aromatic heterocycles. The van der Waals surface area contributed by atoms with Crippen LogP contribution in [0, 0.1) is 6.92 Å². The van der Waals surface area contributed by atoms with Crippen molar-refractivity contribution in [3.8, 4) is 22.4 Å². The fourth-order valence-corrected chi connectivity index (χ4v) is 3.61. The summed E-state index contributed by atoms with van der Waals surface area (Å²) in [7, 11) is 3.64. The van der Waals surface area contributed by atoms with E-state index in [0.717, 1.165) is 39.2 Å². The number of aromatic nitrogens is 6. The summed E-state index contributed by atoms with van der Waals surface area (Å²) in [6.45, 7) is 1.98. The summed E-state index contributed by atoms with van der Waals surface area (Å²) in [6, 6.07) is 11.7. The molecule has 0 bridgehead atoms. The van der Waals surface area contributed by atoms with Gasteiger partial charge in [0.2, 0.25) is 0 Å². The molecule has 0 saturated carbocycles. The van der Waals surface area contributed by atoms with Gasteiger partial charge in [0, 0.05) is 49.4 Å². The third-order valence-corrected chi connectivity index (χ3v) is 5.11. The van der Waals surface area contributed by atoms with E-state index in [4.69, 9.17) is 5.10 Å². The summed E-state index contributed by atoms with van der Waals surface area (Å²) < 4.78 is 5.19. The molecule has 0 spiro atoms. The average molecular weight is 370 g/mol. The highest BCUT2D eigenvalue weighted by molar-refractivity contribution is 5.86. The number of aryl methyl sites for hydroxylation is 3. The summed E-state index contributed by atoms with van der Waals surface area (Å²) in [5.74, 6) is 0. The molecule has 0 atom stereocenters. The molecule has 0 aliphatic carbocycles. The lowest BCUT2D eigenvalue weighted by Crippen LogP contribution is -2.19. The molecule has 0 aliphatic heterocycles. The largest absolute Gasteiger partial charge is 0.296 e. The molecule has 7 nitrogen and oxygen atoms in total. The molecule has 138 valence electrons. The van der Waals surface area contributed by atoms with Crippen molar-refractivity contribution in [2.24, 2.45) is 14.1 Å². The Hall–Kier alpha value is -3.74. The van der Waals surface area contributed by atoms with Gasteiger partial charge in [-0.3, -0.25) is 19.0 Å². The Kier molecular flexibility index (Phi) is 3.45. The zero-order valence-corrected chi connectivity index (χ0v) is 15.8. The molecule has 0 amide bonds. The Bertz CT molecular complexity index is 1420. The minimum absolute atomic E-state index is 0.0467. The van der Waals surface area contributed by atoms with E-state index in [9.17, 15) is 4.79 Å². The number of hydrogen-bond donors (Lipinski definition) is 0. The molecular formula is C21H18N6O. The second-order valence-electron chi connectivity index (χ2n) is 6.93. The van der Waals surface area contributed by atoms with Gasteiger partial charge in [0.1, 0.15) is 5.65 Å². The van der Waals surface area contributed by atoms with Gasteiger partial charge in [0.25, 0.3) is 5.56 Å². The third kappa shape index (κ3) is 2.36. The van der Waals surface area contributed by atoms with Gasteiger partial charge in [0.05, 0.1) is 22.8 Å². The lowest BCUT2D eigenvalue weighted by Gasteiger charge is -2.09. The van der Waals surface area contributed by atoms with Crippen molar-refractivity contribution < 1.29 is 0 Å². The van der Waals surface area contributed by atoms with Crippen LogP contribution in [0.5, 0.6) is 0 Å².